The quantitative estimate of drug-likeness (QED) is 0.314. The van der Waals surface area contributed by atoms with Crippen LogP contribution in [0.15, 0.2) is 66.3 Å². The fourth-order valence-electron chi connectivity index (χ4n) is 3.63. The number of hydrogen-bond donors (Lipinski definition) is 0. The standard InChI is InChI=1S/C23H21N7O/c1-16-17(2)29(13-19-8-10-24-11-9-19)22-21(16)23-27-20(28-30(23)15-25-22)14-31-26-12-18-6-4-3-5-7-18/h3-12,15H,13-14H2,1-2H3. The van der Waals surface area contributed by atoms with Crippen LogP contribution in [0.25, 0.3) is 16.7 Å². The molecule has 0 atom stereocenters. The van der Waals surface area contributed by atoms with Gasteiger partial charge in [0.2, 0.25) is 0 Å². The molecule has 0 N–H and O–H groups in total. The minimum atomic E-state index is 0.183. The van der Waals surface area contributed by atoms with E-state index in [4.69, 9.17) is 9.82 Å². The summed E-state index contributed by atoms with van der Waals surface area (Å²) < 4.78 is 3.90. The molecule has 0 radical (unpaired) electrons. The third-order valence-corrected chi connectivity index (χ3v) is 5.35. The summed E-state index contributed by atoms with van der Waals surface area (Å²) in [6.07, 6.45) is 6.98. The monoisotopic (exact) mass is 411 g/mol. The van der Waals surface area contributed by atoms with Crippen LogP contribution in [0.1, 0.15) is 28.2 Å². The number of oxime groups is 1. The highest BCUT2D eigenvalue weighted by atomic mass is 16.6. The van der Waals surface area contributed by atoms with Gasteiger partial charge in [-0.15, -0.1) is 5.10 Å². The second kappa shape index (κ2) is 7.98. The van der Waals surface area contributed by atoms with Crippen molar-refractivity contribution in [3.8, 4) is 0 Å². The van der Waals surface area contributed by atoms with E-state index < -0.39 is 0 Å². The van der Waals surface area contributed by atoms with Crippen LogP contribution in [-0.4, -0.2) is 35.3 Å². The molecule has 0 amide bonds. The summed E-state index contributed by atoms with van der Waals surface area (Å²) in [5.41, 5.74) is 6.09. The van der Waals surface area contributed by atoms with Gasteiger partial charge in [0.25, 0.3) is 0 Å². The second-order valence-electron chi connectivity index (χ2n) is 7.31. The van der Waals surface area contributed by atoms with Crippen LogP contribution in [0.5, 0.6) is 0 Å². The highest BCUT2D eigenvalue weighted by Gasteiger charge is 2.18. The van der Waals surface area contributed by atoms with Crippen LogP contribution in [-0.2, 0) is 18.0 Å². The van der Waals surface area contributed by atoms with Gasteiger partial charge < -0.3 is 9.40 Å². The molecule has 4 heterocycles. The molecular formula is C23H21N7O. The first-order chi connectivity index (χ1) is 15.2. The lowest BCUT2D eigenvalue weighted by Gasteiger charge is -2.07. The molecule has 0 aliphatic heterocycles. The summed E-state index contributed by atoms with van der Waals surface area (Å²) in [6.45, 7) is 5.10. The van der Waals surface area contributed by atoms with Gasteiger partial charge in [-0.05, 0) is 42.7 Å². The minimum absolute atomic E-state index is 0.183. The molecule has 1 aromatic carbocycles. The van der Waals surface area contributed by atoms with E-state index in [1.807, 2.05) is 42.5 Å². The zero-order valence-corrected chi connectivity index (χ0v) is 17.3. The van der Waals surface area contributed by atoms with Gasteiger partial charge in [0.15, 0.2) is 18.1 Å². The molecule has 5 rings (SSSR count). The van der Waals surface area contributed by atoms with E-state index in [2.05, 4.69) is 38.6 Å². The first kappa shape index (κ1) is 18.9. The molecule has 8 heteroatoms. The number of aromatic nitrogens is 6. The van der Waals surface area contributed by atoms with Gasteiger partial charge in [0, 0.05) is 24.6 Å². The Bertz CT molecular complexity index is 1370. The highest BCUT2D eigenvalue weighted by molar-refractivity contribution is 5.93. The average Bonchev–Trinajstić information content (AvgIpc) is 3.32. The second-order valence-corrected chi connectivity index (χ2v) is 7.31. The van der Waals surface area contributed by atoms with Crippen molar-refractivity contribution in [2.24, 2.45) is 5.16 Å². The maximum absolute atomic E-state index is 5.40. The molecule has 154 valence electrons. The normalized spacial score (nSPS) is 11.7. The molecular weight excluding hydrogens is 390 g/mol. The highest BCUT2D eigenvalue weighted by Crippen LogP contribution is 2.27. The molecule has 0 saturated carbocycles. The Morgan fingerprint density at radius 3 is 2.65 bits per heavy atom. The van der Waals surface area contributed by atoms with Crippen LogP contribution in [0.2, 0.25) is 0 Å². The zero-order chi connectivity index (χ0) is 21.2. The van der Waals surface area contributed by atoms with E-state index in [-0.39, 0.29) is 6.61 Å². The Balaban J connectivity index is 1.44. The third kappa shape index (κ3) is 3.63. The van der Waals surface area contributed by atoms with Gasteiger partial charge in [-0.25, -0.2) is 14.5 Å². The molecule has 31 heavy (non-hydrogen) atoms. The van der Waals surface area contributed by atoms with Gasteiger partial charge in [-0.3, -0.25) is 4.98 Å². The SMILES string of the molecule is Cc1c(C)n(Cc2ccncc2)c2ncn3nc(CON=Cc4ccccc4)nc3c12. The van der Waals surface area contributed by atoms with Crippen LogP contribution >= 0.6 is 0 Å². The van der Waals surface area contributed by atoms with Crippen LogP contribution in [0, 0.1) is 13.8 Å². The Morgan fingerprint density at radius 2 is 1.84 bits per heavy atom. The number of aryl methyl sites for hydroxylation is 1. The average molecular weight is 411 g/mol. The summed E-state index contributed by atoms with van der Waals surface area (Å²) in [5, 5.41) is 9.51. The molecule has 0 fully saturated rings. The summed E-state index contributed by atoms with van der Waals surface area (Å²) in [7, 11) is 0. The van der Waals surface area contributed by atoms with Crippen LogP contribution in [0.4, 0.5) is 0 Å². The van der Waals surface area contributed by atoms with Crippen molar-refractivity contribution in [2.75, 3.05) is 0 Å². The van der Waals surface area contributed by atoms with Crippen molar-refractivity contribution in [3.63, 3.8) is 0 Å². The number of nitrogens with zero attached hydrogens (tertiary/aromatic N) is 7. The topological polar surface area (TPSA) is 82.5 Å². The third-order valence-electron chi connectivity index (χ3n) is 5.35. The fourth-order valence-corrected chi connectivity index (χ4v) is 3.63. The van der Waals surface area contributed by atoms with Gasteiger partial charge in [-0.1, -0.05) is 35.5 Å². The molecule has 8 nitrogen and oxygen atoms in total. The van der Waals surface area contributed by atoms with Crippen molar-refractivity contribution in [3.05, 3.63) is 89.4 Å². The Hall–Kier alpha value is -4.07. The largest absolute Gasteiger partial charge is 0.387 e. The lowest BCUT2D eigenvalue weighted by molar-refractivity contribution is 0.126. The van der Waals surface area contributed by atoms with Crippen molar-refractivity contribution in [1.82, 2.24) is 29.1 Å². The minimum Gasteiger partial charge on any atom is -0.387 e. The summed E-state index contributed by atoms with van der Waals surface area (Å²) >= 11 is 0. The van der Waals surface area contributed by atoms with Gasteiger partial charge in [0.1, 0.15) is 12.0 Å². The van der Waals surface area contributed by atoms with Crippen molar-refractivity contribution >= 4 is 22.9 Å². The van der Waals surface area contributed by atoms with Crippen molar-refractivity contribution in [1.29, 1.82) is 0 Å². The fraction of sp³-hybridized carbons (Fsp3) is 0.174. The molecule has 0 aliphatic carbocycles. The van der Waals surface area contributed by atoms with Gasteiger partial charge in [-0.2, -0.15) is 0 Å². The molecule has 0 spiro atoms. The van der Waals surface area contributed by atoms with Crippen LogP contribution in [0.3, 0.4) is 0 Å². The molecule has 0 saturated heterocycles. The van der Waals surface area contributed by atoms with Gasteiger partial charge in [0.05, 0.1) is 11.6 Å². The smallest absolute Gasteiger partial charge is 0.192 e. The van der Waals surface area contributed by atoms with E-state index in [1.165, 1.54) is 5.56 Å². The van der Waals surface area contributed by atoms with E-state index in [0.29, 0.717) is 5.82 Å². The molecule has 0 aliphatic rings. The Morgan fingerprint density at radius 1 is 1.03 bits per heavy atom. The predicted octanol–water partition coefficient (Wildman–Crippen LogP) is 3.69. The first-order valence-electron chi connectivity index (χ1n) is 9.99. The maximum Gasteiger partial charge on any atom is 0.192 e. The Kier molecular flexibility index (Phi) is 4.87. The summed E-state index contributed by atoms with van der Waals surface area (Å²) in [6, 6.07) is 13.8. The van der Waals surface area contributed by atoms with Crippen LogP contribution < -0.4 is 0 Å². The number of fused-ring (bicyclic) bond motifs is 3. The van der Waals surface area contributed by atoms with Gasteiger partial charge >= 0.3 is 0 Å². The summed E-state index contributed by atoms with van der Waals surface area (Å²) in [4.78, 5) is 18.9. The first-order valence-corrected chi connectivity index (χ1v) is 9.99. The Labute approximate surface area is 178 Å². The number of benzene rings is 1. The molecule has 0 bridgehead atoms. The number of rotatable bonds is 6. The lowest BCUT2D eigenvalue weighted by Crippen LogP contribution is -2.03. The molecule has 0 unspecified atom stereocenters. The molecule has 4 aromatic heterocycles. The van der Waals surface area contributed by atoms with E-state index in [0.717, 1.165) is 40.0 Å². The van der Waals surface area contributed by atoms with E-state index >= 15 is 0 Å². The lowest BCUT2D eigenvalue weighted by atomic mass is 10.2. The van der Waals surface area contributed by atoms with Crippen molar-refractivity contribution in [2.45, 2.75) is 27.0 Å². The maximum atomic E-state index is 5.40. The number of pyridine rings is 1. The number of hydrogen-bond acceptors (Lipinski definition) is 6. The molecule has 5 aromatic rings. The zero-order valence-electron chi connectivity index (χ0n) is 17.3. The predicted molar refractivity (Wildman–Crippen MR) is 118 cm³/mol. The van der Waals surface area contributed by atoms with Crippen molar-refractivity contribution < 1.29 is 4.84 Å². The van der Waals surface area contributed by atoms with E-state index in [1.54, 1.807) is 29.5 Å². The summed E-state index contributed by atoms with van der Waals surface area (Å²) in [5.74, 6) is 0.554. The van der Waals surface area contributed by atoms with E-state index in [9.17, 15) is 0 Å².